The maximum absolute atomic E-state index is 12.9. The smallest absolute Gasteiger partial charge is 0.274 e. The summed E-state index contributed by atoms with van der Waals surface area (Å²) in [5.74, 6) is -0.567. The van der Waals surface area contributed by atoms with Gasteiger partial charge in [-0.3, -0.25) is 9.59 Å². The molecule has 0 aliphatic rings. The van der Waals surface area contributed by atoms with Gasteiger partial charge >= 0.3 is 0 Å². The van der Waals surface area contributed by atoms with Gasteiger partial charge in [0.2, 0.25) is 0 Å². The van der Waals surface area contributed by atoms with Crippen LogP contribution in [0.1, 0.15) is 27.8 Å². The van der Waals surface area contributed by atoms with Gasteiger partial charge in [-0.2, -0.15) is 5.10 Å². The van der Waals surface area contributed by atoms with Crippen LogP contribution in [-0.2, 0) is 0 Å². The van der Waals surface area contributed by atoms with Crippen molar-refractivity contribution in [1.82, 2.24) is 14.8 Å². The Hall–Kier alpha value is -1.93. The average molecular weight is 489 g/mol. The number of pyridine rings is 1. The van der Waals surface area contributed by atoms with Crippen molar-refractivity contribution >= 4 is 68.1 Å². The molecule has 1 aromatic carbocycles. The van der Waals surface area contributed by atoms with Gasteiger partial charge in [0.1, 0.15) is 10.3 Å². The first-order valence-corrected chi connectivity index (χ1v) is 9.38. The lowest BCUT2D eigenvalue weighted by molar-refractivity contribution is 0.101. The molecular formula is C17H10BrCl3N4O2. The number of aromatic nitrogens is 3. The van der Waals surface area contributed by atoms with Crippen LogP contribution in [0.4, 0.5) is 5.69 Å². The van der Waals surface area contributed by atoms with E-state index in [1.54, 1.807) is 12.1 Å². The topological polar surface area (TPSA) is 76.9 Å². The van der Waals surface area contributed by atoms with Crippen LogP contribution in [0, 0.1) is 0 Å². The Labute approximate surface area is 177 Å². The van der Waals surface area contributed by atoms with E-state index < -0.39 is 5.91 Å². The molecule has 10 heteroatoms. The maximum atomic E-state index is 12.9. The van der Waals surface area contributed by atoms with E-state index in [4.69, 9.17) is 34.8 Å². The highest BCUT2D eigenvalue weighted by atomic mass is 79.9. The Morgan fingerprint density at radius 2 is 1.89 bits per heavy atom. The van der Waals surface area contributed by atoms with E-state index in [2.05, 4.69) is 31.3 Å². The molecule has 3 rings (SSSR count). The normalized spacial score (nSPS) is 10.7. The molecule has 1 amide bonds. The van der Waals surface area contributed by atoms with Crippen LogP contribution in [0.5, 0.6) is 0 Å². The lowest BCUT2D eigenvalue weighted by Gasteiger charge is -2.13. The maximum Gasteiger partial charge on any atom is 0.274 e. The third-order valence-electron chi connectivity index (χ3n) is 3.52. The van der Waals surface area contributed by atoms with Gasteiger partial charge < -0.3 is 5.32 Å². The summed E-state index contributed by atoms with van der Waals surface area (Å²) in [6.07, 6.45) is 1.53. The number of anilines is 1. The van der Waals surface area contributed by atoms with E-state index in [1.807, 2.05) is 0 Å². The zero-order chi connectivity index (χ0) is 19.7. The number of benzene rings is 1. The monoisotopic (exact) mass is 486 g/mol. The summed E-state index contributed by atoms with van der Waals surface area (Å²) in [7, 11) is 0. The second-order valence-corrected chi connectivity index (χ2v) is 7.46. The Morgan fingerprint density at radius 3 is 2.56 bits per heavy atom. The van der Waals surface area contributed by atoms with Gasteiger partial charge in [0.15, 0.2) is 11.6 Å². The molecule has 0 fully saturated rings. The number of carbonyl (C=O) groups is 2. The summed E-state index contributed by atoms with van der Waals surface area (Å²) in [5, 5.41) is 7.59. The van der Waals surface area contributed by atoms with E-state index in [0.717, 1.165) is 0 Å². The van der Waals surface area contributed by atoms with E-state index in [1.165, 1.54) is 36.0 Å². The highest BCUT2D eigenvalue weighted by Crippen LogP contribution is 2.31. The zero-order valence-electron chi connectivity index (χ0n) is 13.6. The molecule has 138 valence electrons. The number of amides is 1. The van der Waals surface area contributed by atoms with Gasteiger partial charge in [0, 0.05) is 22.8 Å². The summed E-state index contributed by atoms with van der Waals surface area (Å²) < 4.78 is 1.70. The molecule has 0 spiro atoms. The Morgan fingerprint density at radius 1 is 1.15 bits per heavy atom. The van der Waals surface area contributed by atoms with Crippen LogP contribution < -0.4 is 5.32 Å². The summed E-state index contributed by atoms with van der Waals surface area (Å²) in [5.41, 5.74) is 0.499. The van der Waals surface area contributed by atoms with Crippen molar-refractivity contribution in [3.63, 3.8) is 0 Å². The number of rotatable bonds is 4. The van der Waals surface area contributed by atoms with E-state index in [-0.39, 0.29) is 38.6 Å². The van der Waals surface area contributed by atoms with Crippen molar-refractivity contribution in [1.29, 1.82) is 0 Å². The van der Waals surface area contributed by atoms with Crippen LogP contribution in [0.25, 0.3) is 5.82 Å². The lowest BCUT2D eigenvalue weighted by Crippen LogP contribution is -2.19. The zero-order valence-corrected chi connectivity index (χ0v) is 17.5. The fourth-order valence-corrected chi connectivity index (χ4v) is 3.48. The highest BCUT2D eigenvalue weighted by molar-refractivity contribution is 9.10. The molecule has 1 N–H and O–H groups in total. The van der Waals surface area contributed by atoms with Crippen molar-refractivity contribution in [3.05, 3.63) is 67.5 Å². The number of Topliss-reactive ketones (excluding diaryl/α,β-unsaturated/α-hetero) is 1. The highest BCUT2D eigenvalue weighted by Gasteiger charge is 2.21. The molecule has 27 heavy (non-hydrogen) atoms. The Bertz CT molecular complexity index is 1070. The molecule has 0 saturated heterocycles. The van der Waals surface area contributed by atoms with Gasteiger partial charge in [-0.15, -0.1) is 0 Å². The number of nitrogens with zero attached hydrogens (tertiary/aromatic N) is 3. The minimum absolute atomic E-state index is 0.141. The first-order valence-electron chi connectivity index (χ1n) is 7.45. The predicted octanol–water partition coefficient (Wildman–Crippen LogP) is 5.44. The Balaban J connectivity index is 2.05. The van der Waals surface area contributed by atoms with E-state index in [0.29, 0.717) is 9.63 Å². The standard InChI is InChI=1S/C17H10BrCl3N4O2/c1-8(26)10-5-9(19)6-12(21)15(10)23-17(27)13-7-14(18)24-25(13)16-11(20)3-2-4-22-16/h2-7H,1H3,(H,23,27). The van der Waals surface area contributed by atoms with Gasteiger partial charge in [-0.25, -0.2) is 9.67 Å². The minimum atomic E-state index is -0.554. The van der Waals surface area contributed by atoms with E-state index in [9.17, 15) is 9.59 Å². The molecular weight excluding hydrogens is 478 g/mol. The average Bonchev–Trinajstić information content (AvgIpc) is 2.99. The second kappa shape index (κ2) is 7.98. The molecule has 0 saturated carbocycles. The third kappa shape index (κ3) is 4.16. The number of ketones is 1. The summed E-state index contributed by atoms with van der Waals surface area (Å²) in [6.45, 7) is 1.35. The number of halogens is 4. The molecule has 2 aromatic heterocycles. The number of hydrogen-bond acceptors (Lipinski definition) is 4. The molecule has 0 aliphatic heterocycles. The summed E-state index contributed by atoms with van der Waals surface area (Å²) >= 11 is 21.5. The number of nitrogens with one attached hydrogen (secondary N) is 1. The summed E-state index contributed by atoms with van der Waals surface area (Å²) in [4.78, 5) is 28.9. The largest absolute Gasteiger partial charge is 0.319 e. The van der Waals surface area contributed by atoms with Gasteiger partial charge in [0.05, 0.1) is 15.7 Å². The van der Waals surface area contributed by atoms with Crippen molar-refractivity contribution in [2.45, 2.75) is 6.92 Å². The predicted molar refractivity (Wildman–Crippen MR) is 108 cm³/mol. The second-order valence-electron chi connectivity index (χ2n) is 5.39. The number of hydrogen-bond donors (Lipinski definition) is 1. The molecule has 0 bridgehead atoms. The lowest BCUT2D eigenvalue weighted by atomic mass is 10.1. The van der Waals surface area contributed by atoms with Gasteiger partial charge in [0.25, 0.3) is 5.91 Å². The fraction of sp³-hybridized carbons (Fsp3) is 0.0588. The molecule has 2 heterocycles. The van der Waals surface area contributed by atoms with Crippen LogP contribution in [0.3, 0.4) is 0 Å². The van der Waals surface area contributed by atoms with Crippen molar-refractivity contribution in [3.8, 4) is 5.82 Å². The SMILES string of the molecule is CC(=O)c1cc(Cl)cc(Cl)c1NC(=O)c1cc(Br)nn1-c1ncccc1Cl. The molecule has 0 unspecified atom stereocenters. The van der Waals surface area contributed by atoms with Crippen LogP contribution in [0.15, 0.2) is 41.1 Å². The van der Waals surface area contributed by atoms with Crippen molar-refractivity contribution in [2.75, 3.05) is 5.32 Å². The van der Waals surface area contributed by atoms with Crippen molar-refractivity contribution in [2.24, 2.45) is 0 Å². The minimum Gasteiger partial charge on any atom is -0.319 e. The fourth-order valence-electron chi connectivity index (χ4n) is 2.36. The van der Waals surface area contributed by atoms with Gasteiger partial charge in [-0.05, 0) is 47.1 Å². The molecule has 0 radical (unpaired) electrons. The van der Waals surface area contributed by atoms with E-state index >= 15 is 0 Å². The molecule has 0 atom stereocenters. The first-order chi connectivity index (χ1) is 12.8. The Kier molecular flexibility index (Phi) is 5.86. The number of carbonyl (C=O) groups excluding carboxylic acids is 2. The quantitative estimate of drug-likeness (QED) is 0.496. The molecule has 6 nitrogen and oxygen atoms in total. The van der Waals surface area contributed by atoms with Crippen LogP contribution in [0.2, 0.25) is 15.1 Å². The van der Waals surface area contributed by atoms with Gasteiger partial charge in [-0.1, -0.05) is 34.8 Å². The summed E-state index contributed by atoms with van der Waals surface area (Å²) in [6, 6.07) is 7.67. The van der Waals surface area contributed by atoms with Crippen molar-refractivity contribution < 1.29 is 9.59 Å². The third-order valence-corrected chi connectivity index (χ3v) is 4.72. The first kappa shape index (κ1) is 19.8. The van der Waals surface area contributed by atoms with Crippen LogP contribution >= 0.6 is 50.7 Å². The molecule has 0 aliphatic carbocycles. The molecule has 3 aromatic rings. The van der Waals surface area contributed by atoms with Crippen LogP contribution in [-0.4, -0.2) is 26.5 Å².